The number of hydrogen-bond donors (Lipinski definition) is 2. The summed E-state index contributed by atoms with van der Waals surface area (Å²) in [7, 11) is 0. The molecule has 1 heterocycles. The third-order valence-electron chi connectivity index (χ3n) is 3.66. The van der Waals surface area contributed by atoms with Crippen LogP contribution in [0.2, 0.25) is 0 Å². The van der Waals surface area contributed by atoms with E-state index in [1.54, 1.807) is 13.0 Å². The van der Waals surface area contributed by atoms with E-state index in [0.29, 0.717) is 21.8 Å². The number of nitrogens with zero attached hydrogens (tertiary/aromatic N) is 1. The van der Waals surface area contributed by atoms with E-state index in [9.17, 15) is 36.4 Å². The molecule has 0 saturated heterocycles. The summed E-state index contributed by atoms with van der Waals surface area (Å²) in [6.07, 6.45) is -11.6. The molecule has 0 spiro atoms. The lowest BCUT2D eigenvalue weighted by Crippen LogP contribution is -2.72. The molecule has 0 saturated carbocycles. The Hall–Kier alpha value is -1.96. The highest BCUT2D eigenvalue weighted by Gasteiger charge is 2.73. The molecule has 0 bridgehead atoms. The quantitative estimate of drug-likeness (QED) is 0.564. The first kappa shape index (κ1) is 22.1. The molecule has 0 atom stereocenters. The highest BCUT2D eigenvalue weighted by Crippen LogP contribution is 2.46. The monoisotopic (exact) mass is 401 g/mol. The molecule has 2 N–H and O–H groups in total. The first-order chi connectivity index (χ1) is 11.7. The highest BCUT2D eigenvalue weighted by atomic mass is 32.1. The van der Waals surface area contributed by atoms with Crippen molar-refractivity contribution in [2.75, 3.05) is 5.32 Å². The maximum Gasteiger partial charge on any atom is 0.439 e. The zero-order valence-electron chi connectivity index (χ0n) is 14.3. The minimum Gasteiger partial charge on any atom is -0.338 e. The number of halogens is 6. The maximum atomic E-state index is 13.5. The normalized spacial score (nSPS) is 12.8. The van der Waals surface area contributed by atoms with E-state index < -0.39 is 34.8 Å². The lowest BCUT2D eigenvalue weighted by atomic mass is 10.1. The zero-order chi connectivity index (χ0) is 20.5. The molecule has 0 fully saturated rings. The molecule has 11 heteroatoms. The average molecular weight is 401 g/mol. The molecular formula is C15H17F6N3OS. The van der Waals surface area contributed by atoms with Gasteiger partial charge < -0.3 is 10.6 Å². The maximum absolute atomic E-state index is 13.5. The van der Waals surface area contributed by atoms with Crippen molar-refractivity contribution in [1.29, 1.82) is 5.26 Å². The Bertz CT molecular complexity index is 701. The molecular weight excluding hydrogens is 384 g/mol. The second-order valence-corrected chi connectivity index (χ2v) is 7.05. The van der Waals surface area contributed by atoms with E-state index in [4.69, 9.17) is 0 Å². The summed E-state index contributed by atoms with van der Waals surface area (Å²) < 4.78 is 81.2. The first-order valence-corrected chi connectivity index (χ1v) is 8.29. The van der Waals surface area contributed by atoms with Gasteiger partial charge >= 0.3 is 18.0 Å². The van der Waals surface area contributed by atoms with Crippen LogP contribution in [-0.4, -0.2) is 23.9 Å². The van der Waals surface area contributed by atoms with Crippen molar-refractivity contribution in [3.05, 3.63) is 16.0 Å². The van der Waals surface area contributed by atoms with Crippen molar-refractivity contribution in [3.63, 3.8) is 0 Å². The zero-order valence-corrected chi connectivity index (χ0v) is 15.1. The fourth-order valence-electron chi connectivity index (χ4n) is 2.19. The molecule has 26 heavy (non-hydrogen) atoms. The number of rotatable bonds is 5. The van der Waals surface area contributed by atoms with Crippen LogP contribution in [0, 0.1) is 24.2 Å². The van der Waals surface area contributed by atoms with Crippen LogP contribution in [0.5, 0.6) is 0 Å². The lowest BCUT2D eigenvalue weighted by molar-refractivity contribution is -0.296. The van der Waals surface area contributed by atoms with E-state index in [1.165, 1.54) is 12.2 Å². The standard InChI is InChI=1S/C15H17F6N3OS/c1-5-9-8(4)26-12(10(9)6-22)24-13(14(16,17)18,15(19,20)21)23-11(25)7(2)3/h7,24H,5H2,1-4H3,(H,23,25). The van der Waals surface area contributed by atoms with Crippen LogP contribution in [0.4, 0.5) is 31.3 Å². The Balaban J connectivity index is 3.62. The Labute approximate surface area is 150 Å². The summed E-state index contributed by atoms with van der Waals surface area (Å²) in [5, 5.41) is 11.0. The van der Waals surface area contributed by atoms with Gasteiger partial charge in [0.15, 0.2) is 0 Å². The summed E-state index contributed by atoms with van der Waals surface area (Å²) in [6, 6.07) is 1.64. The van der Waals surface area contributed by atoms with Crippen LogP contribution < -0.4 is 10.6 Å². The van der Waals surface area contributed by atoms with Crippen LogP contribution >= 0.6 is 11.3 Å². The molecule has 0 aliphatic rings. The number of anilines is 1. The van der Waals surface area contributed by atoms with Gasteiger partial charge in [-0.05, 0) is 18.9 Å². The number of carbonyl (C=O) groups is 1. The third-order valence-corrected chi connectivity index (χ3v) is 4.72. The summed E-state index contributed by atoms with van der Waals surface area (Å²) in [5.41, 5.74) is -4.66. The molecule has 0 aliphatic carbocycles. The second kappa shape index (κ2) is 7.34. The second-order valence-electron chi connectivity index (χ2n) is 5.82. The van der Waals surface area contributed by atoms with Gasteiger partial charge in [-0.2, -0.15) is 31.6 Å². The number of nitriles is 1. The molecule has 4 nitrogen and oxygen atoms in total. The SMILES string of the molecule is CCc1c(C)sc(NC(NC(=O)C(C)C)(C(F)(F)F)C(F)(F)F)c1C#N. The molecule has 0 unspecified atom stereocenters. The van der Waals surface area contributed by atoms with Gasteiger partial charge in [0, 0.05) is 10.8 Å². The fourth-order valence-corrected chi connectivity index (χ4v) is 3.34. The molecule has 0 aliphatic heterocycles. The van der Waals surface area contributed by atoms with Crippen molar-refractivity contribution >= 4 is 22.2 Å². The van der Waals surface area contributed by atoms with E-state index in [2.05, 4.69) is 0 Å². The summed E-state index contributed by atoms with van der Waals surface area (Å²) >= 11 is 0.600. The van der Waals surface area contributed by atoms with Crippen LogP contribution in [0.25, 0.3) is 0 Å². The van der Waals surface area contributed by atoms with E-state index >= 15 is 0 Å². The molecule has 1 rings (SSSR count). The van der Waals surface area contributed by atoms with Crippen molar-refractivity contribution in [1.82, 2.24) is 5.32 Å². The van der Waals surface area contributed by atoms with Gasteiger partial charge in [-0.25, -0.2) is 0 Å². The summed E-state index contributed by atoms with van der Waals surface area (Å²) in [4.78, 5) is 12.1. The van der Waals surface area contributed by atoms with Gasteiger partial charge in [-0.3, -0.25) is 4.79 Å². The Kier molecular flexibility index (Phi) is 6.24. The van der Waals surface area contributed by atoms with Gasteiger partial charge in [0.05, 0.1) is 5.56 Å². The Morgan fingerprint density at radius 3 is 2.04 bits per heavy atom. The van der Waals surface area contributed by atoms with Gasteiger partial charge in [0.1, 0.15) is 11.1 Å². The number of carbonyl (C=O) groups excluding carboxylic acids is 1. The van der Waals surface area contributed by atoms with Crippen molar-refractivity contribution in [3.8, 4) is 6.07 Å². The van der Waals surface area contributed by atoms with E-state index in [1.807, 2.05) is 0 Å². The number of hydrogen-bond acceptors (Lipinski definition) is 4. The first-order valence-electron chi connectivity index (χ1n) is 7.47. The number of amides is 1. The Morgan fingerprint density at radius 2 is 1.69 bits per heavy atom. The van der Waals surface area contributed by atoms with Crippen LogP contribution in [0.1, 0.15) is 36.8 Å². The molecule has 146 valence electrons. The summed E-state index contributed by atoms with van der Waals surface area (Å²) in [5.74, 6) is -2.55. The van der Waals surface area contributed by atoms with Gasteiger partial charge in [-0.15, -0.1) is 11.3 Å². The molecule has 1 amide bonds. The van der Waals surface area contributed by atoms with E-state index in [0.717, 1.165) is 19.2 Å². The molecule has 1 aromatic heterocycles. The predicted molar refractivity (Wildman–Crippen MR) is 84.6 cm³/mol. The highest BCUT2D eigenvalue weighted by molar-refractivity contribution is 7.16. The number of thiophene rings is 1. The largest absolute Gasteiger partial charge is 0.439 e. The van der Waals surface area contributed by atoms with Crippen molar-refractivity contribution < 1.29 is 31.1 Å². The topological polar surface area (TPSA) is 64.9 Å². The number of alkyl halides is 6. The summed E-state index contributed by atoms with van der Waals surface area (Å²) in [6.45, 7) is 5.45. The van der Waals surface area contributed by atoms with Crippen LogP contribution in [0.3, 0.4) is 0 Å². The lowest BCUT2D eigenvalue weighted by Gasteiger charge is -2.39. The number of nitrogens with one attached hydrogen (secondary N) is 2. The Morgan fingerprint density at radius 1 is 1.19 bits per heavy atom. The average Bonchev–Trinajstić information content (AvgIpc) is 2.78. The number of aryl methyl sites for hydroxylation is 1. The third kappa shape index (κ3) is 3.90. The minimum absolute atomic E-state index is 0.260. The predicted octanol–water partition coefficient (Wildman–Crippen LogP) is 4.50. The molecule has 0 aromatic carbocycles. The van der Waals surface area contributed by atoms with Gasteiger partial charge in [0.25, 0.3) is 0 Å². The molecule has 0 radical (unpaired) electrons. The fraction of sp³-hybridized carbons (Fsp3) is 0.600. The minimum atomic E-state index is -5.91. The van der Waals surface area contributed by atoms with Gasteiger partial charge in [0.2, 0.25) is 5.91 Å². The van der Waals surface area contributed by atoms with Crippen molar-refractivity contribution in [2.24, 2.45) is 5.92 Å². The van der Waals surface area contributed by atoms with Crippen LogP contribution in [0.15, 0.2) is 0 Å². The smallest absolute Gasteiger partial charge is 0.338 e. The van der Waals surface area contributed by atoms with Crippen molar-refractivity contribution in [2.45, 2.75) is 52.1 Å². The molecule has 1 aromatic rings. The van der Waals surface area contributed by atoms with Gasteiger partial charge in [-0.1, -0.05) is 20.8 Å². The van der Waals surface area contributed by atoms with Crippen LogP contribution in [-0.2, 0) is 11.2 Å². The van der Waals surface area contributed by atoms with E-state index in [-0.39, 0.29) is 12.0 Å².